The summed E-state index contributed by atoms with van der Waals surface area (Å²) in [6, 6.07) is 7.07. The Kier molecular flexibility index (Phi) is 7.14. The van der Waals surface area contributed by atoms with Gasteiger partial charge in [0.1, 0.15) is 0 Å². The van der Waals surface area contributed by atoms with Gasteiger partial charge in [-0.25, -0.2) is 0 Å². The number of carbonyl (C=O) groups excluding carboxylic acids is 2. The fraction of sp³-hybridized carbons (Fsp3) is 0.429. The maximum atomic E-state index is 11.9. The van der Waals surface area contributed by atoms with E-state index in [1.54, 1.807) is 24.3 Å². The van der Waals surface area contributed by atoms with Crippen LogP contribution in [0.3, 0.4) is 0 Å². The molecule has 2 amide bonds. The van der Waals surface area contributed by atoms with E-state index < -0.39 is 0 Å². The van der Waals surface area contributed by atoms with Crippen LogP contribution in [0.1, 0.15) is 12.0 Å². The van der Waals surface area contributed by atoms with Crippen molar-refractivity contribution >= 4 is 29.9 Å². The van der Waals surface area contributed by atoms with Gasteiger partial charge < -0.3 is 21.1 Å². The molecule has 0 spiro atoms. The topological polar surface area (TPSA) is 93.5 Å². The second kappa shape index (κ2) is 8.61. The summed E-state index contributed by atoms with van der Waals surface area (Å²) in [4.78, 5) is 22.6. The predicted octanol–water partition coefficient (Wildman–Crippen LogP) is 0.453. The predicted molar refractivity (Wildman–Crippen MR) is 82.4 cm³/mol. The maximum Gasteiger partial charge on any atom is 0.227 e. The number of morpholine rings is 1. The molecule has 0 aliphatic carbocycles. The van der Waals surface area contributed by atoms with Crippen LogP contribution < -0.4 is 16.4 Å². The van der Waals surface area contributed by atoms with Crippen molar-refractivity contribution in [1.82, 2.24) is 5.32 Å². The Bertz CT molecular complexity index is 473. The SMILES string of the molecule is Cl.NC(=O)Cc1ccc(NC(=O)CC2CNCCO2)cc1. The number of nitrogens with one attached hydrogen (secondary N) is 2. The molecule has 1 fully saturated rings. The fourth-order valence-electron chi connectivity index (χ4n) is 2.08. The number of benzene rings is 1. The molecule has 0 aromatic heterocycles. The molecule has 1 unspecified atom stereocenters. The van der Waals surface area contributed by atoms with Crippen molar-refractivity contribution in [3.63, 3.8) is 0 Å². The lowest BCUT2D eigenvalue weighted by molar-refractivity contribution is -0.119. The van der Waals surface area contributed by atoms with E-state index in [-0.39, 0.29) is 36.7 Å². The highest BCUT2D eigenvalue weighted by atomic mass is 35.5. The summed E-state index contributed by atoms with van der Waals surface area (Å²) in [6.07, 6.45) is 0.462. The van der Waals surface area contributed by atoms with Gasteiger partial charge in [-0.05, 0) is 17.7 Å². The van der Waals surface area contributed by atoms with E-state index in [9.17, 15) is 9.59 Å². The van der Waals surface area contributed by atoms with Gasteiger partial charge >= 0.3 is 0 Å². The highest BCUT2D eigenvalue weighted by molar-refractivity contribution is 5.91. The van der Waals surface area contributed by atoms with E-state index in [0.717, 1.165) is 12.1 Å². The molecule has 7 heteroatoms. The molecule has 116 valence electrons. The molecule has 0 bridgehead atoms. The van der Waals surface area contributed by atoms with Crippen LogP contribution in [0.2, 0.25) is 0 Å². The summed E-state index contributed by atoms with van der Waals surface area (Å²) in [5, 5.41) is 5.99. The van der Waals surface area contributed by atoms with E-state index in [0.29, 0.717) is 25.3 Å². The average Bonchev–Trinajstić information content (AvgIpc) is 2.41. The van der Waals surface area contributed by atoms with Crippen molar-refractivity contribution in [2.24, 2.45) is 5.73 Å². The summed E-state index contributed by atoms with van der Waals surface area (Å²) in [5.74, 6) is -0.454. The van der Waals surface area contributed by atoms with Crippen LogP contribution in [0, 0.1) is 0 Å². The third kappa shape index (κ3) is 6.12. The lowest BCUT2D eigenvalue weighted by Crippen LogP contribution is -2.40. The number of amides is 2. The molecule has 4 N–H and O–H groups in total. The van der Waals surface area contributed by atoms with Gasteiger partial charge in [-0.2, -0.15) is 0 Å². The number of anilines is 1. The summed E-state index contributed by atoms with van der Waals surface area (Å²) in [7, 11) is 0. The summed E-state index contributed by atoms with van der Waals surface area (Å²) in [6.45, 7) is 2.17. The lowest BCUT2D eigenvalue weighted by Gasteiger charge is -2.23. The molecular weight excluding hydrogens is 294 g/mol. The Balaban J connectivity index is 0.00000220. The molecule has 1 aliphatic heterocycles. The average molecular weight is 314 g/mol. The van der Waals surface area contributed by atoms with Gasteiger partial charge in [-0.1, -0.05) is 12.1 Å². The maximum absolute atomic E-state index is 11.9. The van der Waals surface area contributed by atoms with E-state index in [4.69, 9.17) is 10.5 Å². The van der Waals surface area contributed by atoms with Crippen molar-refractivity contribution in [2.45, 2.75) is 18.9 Å². The number of halogens is 1. The van der Waals surface area contributed by atoms with Gasteiger partial charge in [0.05, 0.1) is 25.6 Å². The number of nitrogens with two attached hydrogens (primary N) is 1. The first-order valence-corrected chi connectivity index (χ1v) is 6.63. The Morgan fingerprint density at radius 3 is 2.62 bits per heavy atom. The number of ether oxygens (including phenoxy) is 1. The monoisotopic (exact) mass is 313 g/mol. The van der Waals surface area contributed by atoms with E-state index >= 15 is 0 Å². The first-order valence-electron chi connectivity index (χ1n) is 6.63. The quantitative estimate of drug-likeness (QED) is 0.736. The number of hydrogen-bond donors (Lipinski definition) is 3. The van der Waals surface area contributed by atoms with Crippen LogP contribution in [0.15, 0.2) is 24.3 Å². The largest absolute Gasteiger partial charge is 0.375 e. The number of rotatable bonds is 5. The molecule has 1 aromatic rings. The molecule has 6 nitrogen and oxygen atoms in total. The first-order chi connectivity index (χ1) is 9.63. The van der Waals surface area contributed by atoms with Gasteiger partial charge in [0.15, 0.2) is 0 Å². The second-order valence-electron chi connectivity index (χ2n) is 4.79. The van der Waals surface area contributed by atoms with Gasteiger partial charge in [0, 0.05) is 18.8 Å². The summed E-state index contributed by atoms with van der Waals surface area (Å²) in [5.41, 5.74) is 6.65. The minimum atomic E-state index is -0.372. The zero-order valence-electron chi connectivity index (χ0n) is 11.6. The van der Waals surface area contributed by atoms with Crippen molar-refractivity contribution in [1.29, 1.82) is 0 Å². The zero-order chi connectivity index (χ0) is 14.4. The molecule has 1 saturated heterocycles. The Hall–Kier alpha value is -1.63. The fourth-order valence-corrected chi connectivity index (χ4v) is 2.08. The van der Waals surface area contributed by atoms with Crippen LogP contribution in [0.5, 0.6) is 0 Å². The zero-order valence-corrected chi connectivity index (χ0v) is 12.4. The molecule has 2 rings (SSSR count). The molecule has 0 saturated carbocycles. The van der Waals surface area contributed by atoms with E-state index in [1.807, 2.05) is 0 Å². The smallest absolute Gasteiger partial charge is 0.227 e. The molecule has 1 atom stereocenters. The second-order valence-corrected chi connectivity index (χ2v) is 4.79. The lowest BCUT2D eigenvalue weighted by atomic mass is 10.1. The van der Waals surface area contributed by atoms with Crippen molar-refractivity contribution in [3.8, 4) is 0 Å². The molecular formula is C14H20ClN3O3. The summed E-state index contributed by atoms with van der Waals surface area (Å²) < 4.78 is 5.47. The van der Waals surface area contributed by atoms with Crippen LogP contribution in [-0.2, 0) is 20.7 Å². The van der Waals surface area contributed by atoms with Crippen LogP contribution in [-0.4, -0.2) is 37.6 Å². The third-order valence-electron chi connectivity index (χ3n) is 3.03. The first kappa shape index (κ1) is 17.4. The van der Waals surface area contributed by atoms with Crippen molar-refractivity contribution in [3.05, 3.63) is 29.8 Å². The third-order valence-corrected chi connectivity index (χ3v) is 3.03. The summed E-state index contributed by atoms with van der Waals surface area (Å²) >= 11 is 0. The Labute approximate surface area is 129 Å². The minimum Gasteiger partial charge on any atom is -0.375 e. The molecule has 21 heavy (non-hydrogen) atoms. The number of primary amides is 1. The number of hydrogen-bond acceptors (Lipinski definition) is 4. The highest BCUT2D eigenvalue weighted by Crippen LogP contribution is 2.11. The van der Waals surface area contributed by atoms with Crippen LogP contribution in [0.4, 0.5) is 5.69 Å². The molecule has 1 heterocycles. The minimum absolute atomic E-state index is 0. The molecule has 1 aromatic carbocycles. The van der Waals surface area contributed by atoms with Gasteiger partial charge in [0.25, 0.3) is 0 Å². The number of carbonyl (C=O) groups is 2. The van der Waals surface area contributed by atoms with E-state index in [1.165, 1.54) is 0 Å². The molecule has 1 aliphatic rings. The van der Waals surface area contributed by atoms with Crippen molar-refractivity contribution < 1.29 is 14.3 Å². The van der Waals surface area contributed by atoms with Gasteiger partial charge in [0.2, 0.25) is 11.8 Å². The van der Waals surface area contributed by atoms with Crippen molar-refractivity contribution in [2.75, 3.05) is 25.0 Å². The normalized spacial score (nSPS) is 17.6. The van der Waals surface area contributed by atoms with Crippen LogP contribution in [0.25, 0.3) is 0 Å². The van der Waals surface area contributed by atoms with Gasteiger partial charge in [-0.15, -0.1) is 12.4 Å². The molecule has 0 radical (unpaired) electrons. The Morgan fingerprint density at radius 1 is 1.33 bits per heavy atom. The highest BCUT2D eigenvalue weighted by Gasteiger charge is 2.17. The Morgan fingerprint density at radius 2 is 2.05 bits per heavy atom. The van der Waals surface area contributed by atoms with Crippen LogP contribution >= 0.6 is 12.4 Å². The van der Waals surface area contributed by atoms with Gasteiger partial charge in [-0.3, -0.25) is 9.59 Å². The van der Waals surface area contributed by atoms with E-state index in [2.05, 4.69) is 10.6 Å². The standard InChI is InChI=1S/C14H19N3O3.ClH/c15-13(18)7-10-1-3-11(4-2-10)17-14(19)8-12-9-16-5-6-20-12;/h1-4,12,16H,5-9H2,(H2,15,18)(H,17,19);1H.